The van der Waals surface area contributed by atoms with Crippen molar-refractivity contribution in [3.05, 3.63) is 40.0 Å². The van der Waals surface area contributed by atoms with Gasteiger partial charge in [0.15, 0.2) is 0 Å². The molecule has 0 spiro atoms. The second kappa shape index (κ2) is 7.30. The normalized spacial score (nSPS) is 16.9. The van der Waals surface area contributed by atoms with Gasteiger partial charge in [-0.1, -0.05) is 6.07 Å². The Kier molecular flexibility index (Phi) is 5.14. The molecule has 1 amide bonds. The molecule has 1 atom stereocenters. The van der Waals surface area contributed by atoms with E-state index in [1.807, 2.05) is 44.4 Å². The number of nitrogens with one attached hydrogen (secondary N) is 1. The van der Waals surface area contributed by atoms with E-state index >= 15 is 0 Å². The van der Waals surface area contributed by atoms with Crippen LogP contribution in [0.15, 0.2) is 23.6 Å². The van der Waals surface area contributed by atoms with Crippen molar-refractivity contribution in [3.8, 4) is 0 Å². The predicted molar refractivity (Wildman–Crippen MR) is 97.6 cm³/mol. The van der Waals surface area contributed by atoms with Gasteiger partial charge in [0.25, 0.3) is 0 Å². The SMILES string of the molecule is Cc1cc(N2CCC(NC(=O)C(C)c3cccs3)CC2)nc(C)n1. The lowest BCUT2D eigenvalue weighted by Gasteiger charge is -2.33. The van der Waals surface area contributed by atoms with Gasteiger partial charge in [0, 0.05) is 35.8 Å². The molecular weight excluding hydrogens is 320 g/mol. The summed E-state index contributed by atoms with van der Waals surface area (Å²) in [4.78, 5) is 24.7. The van der Waals surface area contributed by atoms with Gasteiger partial charge in [0.05, 0.1) is 5.92 Å². The van der Waals surface area contributed by atoms with Crippen LogP contribution in [0.5, 0.6) is 0 Å². The lowest BCUT2D eigenvalue weighted by molar-refractivity contribution is -0.123. The number of amides is 1. The zero-order valence-electron chi connectivity index (χ0n) is 14.5. The molecule has 1 saturated heterocycles. The minimum Gasteiger partial charge on any atom is -0.356 e. The fraction of sp³-hybridized carbons (Fsp3) is 0.500. The first-order valence-corrected chi connectivity index (χ1v) is 9.32. The zero-order valence-corrected chi connectivity index (χ0v) is 15.3. The number of rotatable bonds is 4. The van der Waals surface area contributed by atoms with Crippen molar-refractivity contribution < 1.29 is 4.79 Å². The molecule has 2 aromatic rings. The molecule has 6 heteroatoms. The molecule has 3 rings (SSSR count). The van der Waals surface area contributed by atoms with E-state index in [-0.39, 0.29) is 17.9 Å². The van der Waals surface area contributed by atoms with Crippen molar-refractivity contribution in [2.45, 2.75) is 45.6 Å². The van der Waals surface area contributed by atoms with E-state index in [1.165, 1.54) is 0 Å². The van der Waals surface area contributed by atoms with E-state index in [9.17, 15) is 4.79 Å². The van der Waals surface area contributed by atoms with E-state index in [0.29, 0.717) is 0 Å². The summed E-state index contributed by atoms with van der Waals surface area (Å²) in [6.45, 7) is 7.72. The number of piperidine rings is 1. The quantitative estimate of drug-likeness (QED) is 0.926. The summed E-state index contributed by atoms with van der Waals surface area (Å²) < 4.78 is 0. The van der Waals surface area contributed by atoms with Gasteiger partial charge < -0.3 is 10.2 Å². The molecule has 0 aromatic carbocycles. The summed E-state index contributed by atoms with van der Waals surface area (Å²) in [6, 6.07) is 6.30. The van der Waals surface area contributed by atoms with Crippen LogP contribution >= 0.6 is 11.3 Å². The van der Waals surface area contributed by atoms with E-state index in [0.717, 1.165) is 48.1 Å². The van der Waals surface area contributed by atoms with Crippen molar-refractivity contribution in [3.63, 3.8) is 0 Å². The van der Waals surface area contributed by atoms with Crippen molar-refractivity contribution in [1.29, 1.82) is 0 Å². The lowest BCUT2D eigenvalue weighted by Crippen LogP contribution is -2.46. The van der Waals surface area contributed by atoms with Gasteiger partial charge in [-0.25, -0.2) is 9.97 Å². The standard InChI is InChI=1S/C18H24N4OS/c1-12-11-17(20-14(3)19-12)22-8-6-15(7-9-22)21-18(23)13(2)16-5-4-10-24-16/h4-5,10-11,13,15H,6-9H2,1-3H3,(H,21,23). The Bertz CT molecular complexity index is 673. The predicted octanol–water partition coefficient (Wildman–Crippen LogP) is 3.04. The van der Waals surface area contributed by atoms with E-state index < -0.39 is 0 Å². The molecular formula is C18H24N4OS. The number of anilines is 1. The Labute approximate surface area is 147 Å². The molecule has 1 aliphatic heterocycles. The Balaban J connectivity index is 1.54. The lowest BCUT2D eigenvalue weighted by atomic mass is 10.0. The van der Waals surface area contributed by atoms with Crippen molar-refractivity contribution in [2.75, 3.05) is 18.0 Å². The molecule has 5 nitrogen and oxygen atoms in total. The van der Waals surface area contributed by atoms with Gasteiger partial charge in [0.2, 0.25) is 5.91 Å². The molecule has 2 aromatic heterocycles. The number of hydrogen-bond donors (Lipinski definition) is 1. The fourth-order valence-corrected chi connectivity index (χ4v) is 3.89. The molecule has 0 aliphatic carbocycles. The number of thiophene rings is 1. The highest BCUT2D eigenvalue weighted by Gasteiger charge is 2.24. The minimum absolute atomic E-state index is 0.0739. The number of hydrogen-bond acceptors (Lipinski definition) is 5. The third-order valence-electron chi connectivity index (χ3n) is 4.48. The van der Waals surface area contributed by atoms with Crippen LogP contribution in [0.4, 0.5) is 5.82 Å². The molecule has 0 bridgehead atoms. The monoisotopic (exact) mass is 344 g/mol. The Morgan fingerprint density at radius 1 is 1.33 bits per heavy atom. The fourth-order valence-electron chi connectivity index (χ4n) is 3.11. The van der Waals surface area contributed by atoms with Crippen LogP contribution in [0, 0.1) is 13.8 Å². The maximum Gasteiger partial charge on any atom is 0.228 e. The number of nitrogens with zero attached hydrogens (tertiary/aromatic N) is 3. The zero-order chi connectivity index (χ0) is 17.1. The highest BCUT2D eigenvalue weighted by molar-refractivity contribution is 7.10. The molecule has 3 heterocycles. The molecule has 1 N–H and O–H groups in total. The third kappa shape index (κ3) is 3.93. The van der Waals surface area contributed by atoms with Crippen LogP contribution in [-0.4, -0.2) is 35.0 Å². The summed E-state index contributed by atoms with van der Waals surface area (Å²) in [6.07, 6.45) is 1.90. The van der Waals surface area contributed by atoms with E-state index in [4.69, 9.17) is 0 Å². The van der Waals surface area contributed by atoms with Crippen molar-refractivity contribution in [2.24, 2.45) is 0 Å². The van der Waals surface area contributed by atoms with Gasteiger partial charge in [-0.2, -0.15) is 0 Å². The number of carbonyl (C=O) groups is 1. The van der Waals surface area contributed by atoms with Crippen molar-refractivity contribution in [1.82, 2.24) is 15.3 Å². The van der Waals surface area contributed by atoms with Crippen LogP contribution in [0.3, 0.4) is 0 Å². The molecule has 1 unspecified atom stereocenters. The summed E-state index contributed by atoms with van der Waals surface area (Å²) >= 11 is 1.64. The average molecular weight is 344 g/mol. The minimum atomic E-state index is -0.0739. The van der Waals surface area contributed by atoms with E-state index in [1.54, 1.807) is 11.3 Å². The highest BCUT2D eigenvalue weighted by atomic mass is 32.1. The van der Waals surface area contributed by atoms with Gasteiger partial charge in [-0.05, 0) is 45.1 Å². The maximum absolute atomic E-state index is 12.4. The molecule has 24 heavy (non-hydrogen) atoms. The summed E-state index contributed by atoms with van der Waals surface area (Å²) in [5, 5.41) is 5.23. The topological polar surface area (TPSA) is 58.1 Å². The number of carbonyl (C=O) groups excluding carboxylic acids is 1. The second-order valence-electron chi connectivity index (χ2n) is 6.42. The van der Waals surface area contributed by atoms with E-state index in [2.05, 4.69) is 20.2 Å². The summed E-state index contributed by atoms with van der Waals surface area (Å²) in [5.41, 5.74) is 0.998. The highest BCUT2D eigenvalue weighted by Crippen LogP contribution is 2.23. The molecule has 0 saturated carbocycles. The first-order chi connectivity index (χ1) is 11.5. The van der Waals surface area contributed by atoms with Gasteiger partial charge in [-0.15, -0.1) is 11.3 Å². The number of aryl methyl sites for hydroxylation is 2. The van der Waals surface area contributed by atoms with Gasteiger partial charge in [-0.3, -0.25) is 4.79 Å². The van der Waals surface area contributed by atoms with Crippen LogP contribution in [0.2, 0.25) is 0 Å². The van der Waals surface area contributed by atoms with Crippen LogP contribution in [0.25, 0.3) is 0 Å². The molecule has 1 aliphatic rings. The number of aromatic nitrogens is 2. The Morgan fingerprint density at radius 2 is 2.08 bits per heavy atom. The van der Waals surface area contributed by atoms with Gasteiger partial charge in [0.1, 0.15) is 11.6 Å². The first kappa shape index (κ1) is 16.9. The second-order valence-corrected chi connectivity index (χ2v) is 7.40. The average Bonchev–Trinajstić information content (AvgIpc) is 3.08. The smallest absolute Gasteiger partial charge is 0.228 e. The van der Waals surface area contributed by atoms with Gasteiger partial charge >= 0.3 is 0 Å². The molecule has 1 fully saturated rings. The van der Waals surface area contributed by atoms with Crippen LogP contribution < -0.4 is 10.2 Å². The third-order valence-corrected chi connectivity index (χ3v) is 5.54. The first-order valence-electron chi connectivity index (χ1n) is 8.44. The largest absolute Gasteiger partial charge is 0.356 e. The maximum atomic E-state index is 12.4. The summed E-state index contributed by atoms with van der Waals surface area (Å²) in [5.74, 6) is 1.86. The Morgan fingerprint density at radius 3 is 2.71 bits per heavy atom. The summed E-state index contributed by atoms with van der Waals surface area (Å²) in [7, 11) is 0. The molecule has 128 valence electrons. The van der Waals surface area contributed by atoms with Crippen LogP contribution in [0.1, 0.15) is 42.1 Å². The Hall–Kier alpha value is -1.95. The van der Waals surface area contributed by atoms with Crippen LogP contribution in [-0.2, 0) is 4.79 Å². The van der Waals surface area contributed by atoms with Crippen molar-refractivity contribution >= 4 is 23.1 Å². The molecule has 0 radical (unpaired) electrons.